The van der Waals surface area contributed by atoms with Crippen LogP contribution in [0.25, 0.3) is 0 Å². The summed E-state index contributed by atoms with van der Waals surface area (Å²) in [5.74, 6) is 0. The highest BCUT2D eigenvalue weighted by molar-refractivity contribution is 5.55. The number of benzene rings is 2. The summed E-state index contributed by atoms with van der Waals surface area (Å²) in [5, 5.41) is 20.7. The van der Waals surface area contributed by atoms with Gasteiger partial charge in [0, 0.05) is 12.2 Å². The SMILES string of the molecule is N#Cc1cc(C#N)cc(NCc2ccc(C(F)(F)F)cc2)c1. The Balaban J connectivity index is 2.11. The molecule has 6 heteroatoms. The summed E-state index contributed by atoms with van der Waals surface area (Å²) in [6.45, 7) is 0.290. The molecule has 0 atom stereocenters. The second-order valence-corrected chi connectivity index (χ2v) is 4.57. The van der Waals surface area contributed by atoms with Crippen molar-refractivity contribution in [1.29, 1.82) is 10.5 Å². The maximum absolute atomic E-state index is 12.5. The molecule has 0 aliphatic rings. The minimum Gasteiger partial charge on any atom is -0.381 e. The molecular formula is C16H10F3N3. The lowest BCUT2D eigenvalue weighted by Gasteiger charge is -2.10. The number of nitriles is 2. The molecule has 0 amide bonds. The van der Waals surface area contributed by atoms with Gasteiger partial charge in [-0.05, 0) is 35.9 Å². The second kappa shape index (κ2) is 6.19. The molecule has 0 saturated heterocycles. The number of anilines is 1. The van der Waals surface area contributed by atoms with Crippen molar-refractivity contribution >= 4 is 5.69 Å². The van der Waals surface area contributed by atoms with Crippen LogP contribution in [0.1, 0.15) is 22.3 Å². The monoisotopic (exact) mass is 301 g/mol. The van der Waals surface area contributed by atoms with Gasteiger partial charge < -0.3 is 5.32 Å². The topological polar surface area (TPSA) is 59.6 Å². The smallest absolute Gasteiger partial charge is 0.381 e. The van der Waals surface area contributed by atoms with Gasteiger partial charge in [0.1, 0.15) is 0 Å². The van der Waals surface area contributed by atoms with Crippen LogP contribution < -0.4 is 5.32 Å². The van der Waals surface area contributed by atoms with E-state index in [0.29, 0.717) is 22.4 Å². The molecule has 3 nitrogen and oxygen atoms in total. The highest BCUT2D eigenvalue weighted by atomic mass is 19.4. The van der Waals surface area contributed by atoms with E-state index in [2.05, 4.69) is 5.32 Å². The highest BCUT2D eigenvalue weighted by Gasteiger charge is 2.29. The maximum atomic E-state index is 12.5. The lowest BCUT2D eigenvalue weighted by molar-refractivity contribution is -0.137. The Kier molecular flexibility index (Phi) is 4.33. The third-order valence-corrected chi connectivity index (χ3v) is 2.97. The van der Waals surface area contributed by atoms with Crippen LogP contribution in [0, 0.1) is 22.7 Å². The highest BCUT2D eigenvalue weighted by Crippen LogP contribution is 2.29. The maximum Gasteiger partial charge on any atom is 0.416 e. The van der Waals surface area contributed by atoms with Crippen molar-refractivity contribution in [2.75, 3.05) is 5.32 Å². The van der Waals surface area contributed by atoms with E-state index in [9.17, 15) is 13.2 Å². The molecule has 0 saturated carbocycles. The summed E-state index contributed by atoms with van der Waals surface area (Å²) in [4.78, 5) is 0. The Morgan fingerprint density at radius 2 is 1.45 bits per heavy atom. The van der Waals surface area contributed by atoms with Crippen molar-refractivity contribution in [2.24, 2.45) is 0 Å². The standard InChI is InChI=1S/C16H10F3N3/c17-16(18,19)14-3-1-11(2-4-14)10-22-15-6-12(8-20)5-13(7-15)9-21/h1-7,22H,10H2. The molecule has 2 rings (SSSR count). The summed E-state index contributed by atoms with van der Waals surface area (Å²) >= 11 is 0. The molecule has 0 radical (unpaired) electrons. The third kappa shape index (κ3) is 3.77. The summed E-state index contributed by atoms with van der Waals surface area (Å²) in [5.41, 5.74) is 1.21. The van der Waals surface area contributed by atoms with E-state index in [1.165, 1.54) is 18.2 Å². The number of alkyl halides is 3. The van der Waals surface area contributed by atoms with Gasteiger partial charge in [0.05, 0.1) is 28.8 Å². The first-order valence-corrected chi connectivity index (χ1v) is 6.27. The lowest BCUT2D eigenvalue weighted by atomic mass is 10.1. The Labute approximate surface area is 125 Å². The van der Waals surface area contributed by atoms with Crippen LogP contribution in [0.4, 0.5) is 18.9 Å². The van der Waals surface area contributed by atoms with Crippen LogP contribution in [0.3, 0.4) is 0 Å². The van der Waals surface area contributed by atoms with Gasteiger partial charge in [0.25, 0.3) is 0 Å². The van der Waals surface area contributed by atoms with Crippen LogP contribution in [0.15, 0.2) is 42.5 Å². The largest absolute Gasteiger partial charge is 0.416 e. The molecule has 0 bridgehead atoms. The molecule has 1 N–H and O–H groups in total. The Morgan fingerprint density at radius 3 is 1.91 bits per heavy atom. The predicted molar refractivity (Wildman–Crippen MR) is 74.6 cm³/mol. The fourth-order valence-corrected chi connectivity index (χ4v) is 1.87. The van der Waals surface area contributed by atoms with Gasteiger partial charge in [-0.25, -0.2) is 0 Å². The van der Waals surface area contributed by atoms with Gasteiger partial charge in [-0.3, -0.25) is 0 Å². The second-order valence-electron chi connectivity index (χ2n) is 4.57. The summed E-state index contributed by atoms with van der Waals surface area (Å²) in [6, 6.07) is 13.3. The molecular weight excluding hydrogens is 291 g/mol. The molecule has 0 aliphatic carbocycles. The Bertz CT molecular complexity index is 718. The predicted octanol–water partition coefficient (Wildman–Crippen LogP) is 4.06. The van der Waals surface area contributed by atoms with Crippen molar-refractivity contribution in [3.8, 4) is 12.1 Å². The zero-order valence-corrected chi connectivity index (χ0v) is 11.3. The first-order valence-electron chi connectivity index (χ1n) is 6.27. The van der Waals surface area contributed by atoms with Crippen molar-refractivity contribution in [3.05, 3.63) is 64.7 Å². The number of rotatable bonds is 3. The molecule has 22 heavy (non-hydrogen) atoms. The fourth-order valence-electron chi connectivity index (χ4n) is 1.87. The molecule has 0 unspecified atom stereocenters. The minimum absolute atomic E-state index is 0.290. The van der Waals surface area contributed by atoms with Crippen molar-refractivity contribution in [1.82, 2.24) is 0 Å². The fraction of sp³-hybridized carbons (Fsp3) is 0.125. The van der Waals surface area contributed by atoms with E-state index in [4.69, 9.17) is 10.5 Å². The molecule has 0 fully saturated rings. The molecule has 2 aromatic carbocycles. The van der Waals surface area contributed by atoms with Crippen LogP contribution in [0.5, 0.6) is 0 Å². The normalized spacial score (nSPS) is 10.6. The lowest BCUT2D eigenvalue weighted by Crippen LogP contribution is -2.05. The van der Waals surface area contributed by atoms with Gasteiger partial charge in [-0.1, -0.05) is 12.1 Å². The van der Waals surface area contributed by atoms with E-state index < -0.39 is 11.7 Å². The van der Waals surface area contributed by atoms with Crippen molar-refractivity contribution in [2.45, 2.75) is 12.7 Å². The van der Waals surface area contributed by atoms with E-state index in [-0.39, 0.29) is 6.54 Å². The minimum atomic E-state index is -4.35. The van der Waals surface area contributed by atoms with Gasteiger partial charge in [-0.15, -0.1) is 0 Å². The van der Waals surface area contributed by atoms with Crippen LogP contribution in [0.2, 0.25) is 0 Å². The zero-order valence-electron chi connectivity index (χ0n) is 11.3. The van der Waals surface area contributed by atoms with Crippen molar-refractivity contribution in [3.63, 3.8) is 0 Å². The average molecular weight is 301 g/mol. The van der Waals surface area contributed by atoms with Gasteiger partial charge in [0.2, 0.25) is 0 Å². The quantitative estimate of drug-likeness (QED) is 0.930. The number of hydrogen-bond acceptors (Lipinski definition) is 3. The molecule has 0 aromatic heterocycles. The summed E-state index contributed by atoms with van der Waals surface area (Å²) < 4.78 is 37.4. The van der Waals surface area contributed by atoms with Crippen molar-refractivity contribution < 1.29 is 13.2 Å². The third-order valence-electron chi connectivity index (χ3n) is 2.97. The van der Waals surface area contributed by atoms with E-state index in [0.717, 1.165) is 12.1 Å². The number of hydrogen-bond donors (Lipinski definition) is 1. The average Bonchev–Trinajstić information content (AvgIpc) is 2.52. The first kappa shape index (κ1) is 15.4. The van der Waals surface area contributed by atoms with Crippen LogP contribution in [-0.4, -0.2) is 0 Å². The number of nitrogens with one attached hydrogen (secondary N) is 1. The molecule has 0 spiro atoms. The molecule has 2 aromatic rings. The molecule has 0 aliphatic heterocycles. The van der Waals surface area contributed by atoms with Crippen LogP contribution in [-0.2, 0) is 12.7 Å². The Morgan fingerprint density at radius 1 is 0.909 bits per heavy atom. The first-order chi connectivity index (χ1) is 10.4. The van der Waals surface area contributed by atoms with Crippen LogP contribution >= 0.6 is 0 Å². The number of halogens is 3. The van der Waals surface area contributed by atoms with E-state index >= 15 is 0 Å². The molecule has 110 valence electrons. The van der Waals surface area contributed by atoms with E-state index in [1.54, 1.807) is 12.1 Å². The van der Waals surface area contributed by atoms with Gasteiger partial charge in [0.15, 0.2) is 0 Å². The number of nitrogens with zero attached hydrogens (tertiary/aromatic N) is 2. The summed E-state index contributed by atoms with van der Waals surface area (Å²) in [6.07, 6.45) is -4.35. The van der Waals surface area contributed by atoms with Gasteiger partial charge in [-0.2, -0.15) is 23.7 Å². The zero-order chi connectivity index (χ0) is 16.2. The van der Waals surface area contributed by atoms with E-state index in [1.807, 2.05) is 12.1 Å². The Hall–Kier alpha value is -2.99. The summed E-state index contributed by atoms with van der Waals surface area (Å²) in [7, 11) is 0. The van der Waals surface area contributed by atoms with Gasteiger partial charge >= 0.3 is 6.18 Å². The molecule has 0 heterocycles.